The lowest BCUT2D eigenvalue weighted by atomic mass is 10.0. The maximum atomic E-state index is 6.17. The van der Waals surface area contributed by atoms with Crippen molar-refractivity contribution in [3.05, 3.63) is 60.2 Å². The van der Waals surface area contributed by atoms with Gasteiger partial charge in [0, 0.05) is 26.2 Å². The van der Waals surface area contributed by atoms with Crippen LogP contribution in [0.25, 0.3) is 0 Å². The maximum absolute atomic E-state index is 6.17. The molecule has 1 fully saturated rings. The largest absolute Gasteiger partial charge is 0.490 e. The van der Waals surface area contributed by atoms with Gasteiger partial charge in [0.15, 0.2) is 11.5 Å². The van der Waals surface area contributed by atoms with E-state index in [0.29, 0.717) is 19.8 Å². The highest BCUT2D eigenvalue weighted by atomic mass is 16.6. The Kier molecular flexibility index (Phi) is 6.53. The van der Waals surface area contributed by atoms with Gasteiger partial charge in [0.25, 0.3) is 0 Å². The molecule has 1 aliphatic heterocycles. The Labute approximate surface area is 156 Å². The minimum atomic E-state index is -0.261. The molecule has 1 unspecified atom stereocenters. The molecule has 2 aromatic carbocycles. The molecule has 0 bridgehead atoms. The highest BCUT2D eigenvalue weighted by Crippen LogP contribution is 2.31. The van der Waals surface area contributed by atoms with Crippen LogP contribution in [0.4, 0.5) is 0 Å². The Balaban J connectivity index is 1.64. The Hall–Kier alpha value is -2.04. The molecule has 4 nitrogen and oxygen atoms in total. The first-order chi connectivity index (χ1) is 12.7. The first-order valence-electron chi connectivity index (χ1n) is 9.49. The van der Waals surface area contributed by atoms with Crippen LogP contribution < -0.4 is 9.47 Å². The summed E-state index contributed by atoms with van der Waals surface area (Å²) in [6.45, 7) is 8.74. The van der Waals surface area contributed by atoms with Crippen molar-refractivity contribution in [3.8, 4) is 11.5 Å². The summed E-state index contributed by atoms with van der Waals surface area (Å²) in [5, 5.41) is 0. The monoisotopic (exact) mass is 355 g/mol. The van der Waals surface area contributed by atoms with Crippen LogP contribution in [0.15, 0.2) is 54.6 Å². The van der Waals surface area contributed by atoms with Crippen LogP contribution in [-0.4, -0.2) is 43.4 Å². The van der Waals surface area contributed by atoms with Crippen molar-refractivity contribution < 1.29 is 14.2 Å². The lowest BCUT2D eigenvalue weighted by Gasteiger charge is -2.29. The van der Waals surface area contributed by atoms with Crippen LogP contribution in [0.1, 0.15) is 25.8 Å². The molecule has 0 saturated carbocycles. The van der Waals surface area contributed by atoms with Gasteiger partial charge in [-0.15, -0.1) is 0 Å². The van der Waals surface area contributed by atoms with E-state index in [0.717, 1.165) is 37.6 Å². The molecule has 140 valence electrons. The summed E-state index contributed by atoms with van der Waals surface area (Å²) in [6.07, 6.45) is 0.977. The van der Waals surface area contributed by atoms with Gasteiger partial charge >= 0.3 is 0 Å². The summed E-state index contributed by atoms with van der Waals surface area (Å²) in [4.78, 5) is 2.45. The van der Waals surface area contributed by atoms with Crippen LogP contribution >= 0.6 is 0 Å². The first-order valence-corrected chi connectivity index (χ1v) is 9.49. The Bertz CT molecular complexity index is 676. The van der Waals surface area contributed by atoms with Crippen LogP contribution in [0.3, 0.4) is 0 Å². The second-order valence-corrected chi connectivity index (χ2v) is 6.73. The molecule has 0 N–H and O–H groups in total. The molecular weight excluding hydrogens is 326 g/mol. The predicted molar refractivity (Wildman–Crippen MR) is 104 cm³/mol. The van der Waals surface area contributed by atoms with E-state index >= 15 is 0 Å². The summed E-state index contributed by atoms with van der Waals surface area (Å²) in [5.41, 5.74) is 1.07. The number of para-hydroxylation sites is 2. The Morgan fingerprint density at radius 1 is 0.885 bits per heavy atom. The molecule has 26 heavy (non-hydrogen) atoms. The maximum Gasteiger partial charge on any atom is 0.161 e. The fourth-order valence-corrected chi connectivity index (χ4v) is 3.54. The summed E-state index contributed by atoms with van der Waals surface area (Å²) < 4.78 is 18.0. The van der Waals surface area contributed by atoms with Gasteiger partial charge in [-0.3, -0.25) is 4.90 Å². The fraction of sp³-hybridized carbons (Fsp3) is 0.455. The minimum Gasteiger partial charge on any atom is -0.490 e. The number of rotatable bonds is 9. The SMILES string of the molecule is CCOc1ccccc1OCC1(OCC)CCN(Cc2ccccc2)C1. The second kappa shape index (κ2) is 9.06. The van der Waals surface area contributed by atoms with Crippen molar-refractivity contribution in [3.63, 3.8) is 0 Å². The average molecular weight is 355 g/mol. The molecule has 4 heteroatoms. The number of hydrogen-bond donors (Lipinski definition) is 0. The van der Waals surface area contributed by atoms with E-state index in [1.165, 1.54) is 5.56 Å². The molecule has 0 amide bonds. The van der Waals surface area contributed by atoms with E-state index in [-0.39, 0.29) is 5.60 Å². The number of likely N-dealkylation sites (tertiary alicyclic amines) is 1. The van der Waals surface area contributed by atoms with E-state index in [2.05, 4.69) is 42.2 Å². The molecule has 1 heterocycles. The second-order valence-electron chi connectivity index (χ2n) is 6.73. The highest BCUT2D eigenvalue weighted by Gasteiger charge is 2.39. The number of hydrogen-bond acceptors (Lipinski definition) is 4. The molecule has 1 atom stereocenters. The average Bonchev–Trinajstić information content (AvgIpc) is 3.05. The lowest BCUT2D eigenvalue weighted by Crippen LogP contribution is -2.42. The topological polar surface area (TPSA) is 30.9 Å². The summed E-state index contributed by atoms with van der Waals surface area (Å²) >= 11 is 0. The summed E-state index contributed by atoms with van der Waals surface area (Å²) in [5.74, 6) is 1.58. The number of nitrogens with zero attached hydrogens (tertiary/aromatic N) is 1. The molecule has 1 saturated heterocycles. The van der Waals surface area contributed by atoms with Gasteiger partial charge < -0.3 is 14.2 Å². The summed E-state index contributed by atoms with van der Waals surface area (Å²) in [6, 6.07) is 18.4. The molecule has 1 aliphatic rings. The van der Waals surface area contributed by atoms with Crippen LogP contribution in [0, 0.1) is 0 Å². The molecule has 0 aliphatic carbocycles. The van der Waals surface area contributed by atoms with Gasteiger partial charge in [-0.05, 0) is 38.0 Å². The van der Waals surface area contributed by atoms with E-state index in [1.807, 2.05) is 31.2 Å². The lowest BCUT2D eigenvalue weighted by molar-refractivity contribution is -0.0603. The molecular formula is C22H29NO3. The van der Waals surface area contributed by atoms with E-state index < -0.39 is 0 Å². The van der Waals surface area contributed by atoms with Gasteiger partial charge in [0.05, 0.1) is 6.61 Å². The van der Waals surface area contributed by atoms with E-state index in [9.17, 15) is 0 Å². The molecule has 0 aromatic heterocycles. The third-order valence-electron chi connectivity index (χ3n) is 4.73. The molecule has 0 spiro atoms. The van der Waals surface area contributed by atoms with Crippen molar-refractivity contribution in [2.45, 2.75) is 32.4 Å². The standard InChI is InChI=1S/C22H29NO3/c1-3-24-20-12-8-9-13-21(20)25-18-22(26-4-2)14-15-23(17-22)16-19-10-6-5-7-11-19/h5-13H,3-4,14-18H2,1-2H3. The zero-order valence-electron chi connectivity index (χ0n) is 15.8. The Morgan fingerprint density at radius 2 is 1.58 bits per heavy atom. The van der Waals surface area contributed by atoms with E-state index in [4.69, 9.17) is 14.2 Å². The van der Waals surface area contributed by atoms with Crippen molar-refractivity contribution in [1.29, 1.82) is 0 Å². The minimum absolute atomic E-state index is 0.261. The van der Waals surface area contributed by atoms with E-state index in [1.54, 1.807) is 0 Å². The highest BCUT2D eigenvalue weighted by molar-refractivity contribution is 5.39. The van der Waals surface area contributed by atoms with Gasteiger partial charge in [0.2, 0.25) is 0 Å². The number of ether oxygens (including phenoxy) is 3. The molecule has 3 rings (SSSR count). The van der Waals surface area contributed by atoms with Gasteiger partial charge in [0.1, 0.15) is 12.2 Å². The van der Waals surface area contributed by atoms with Gasteiger partial charge in [-0.25, -0.2) is 0 Å². The normalized spacial score (nSPS) is 20.2. The quantitative estimate of drug-likeness (QED) is 0.676. The summed E-state index contributed by atoms with van der Waals surface area (Å²) in [7, 11) is 0. The van der Waals surface area contributed by atoms with Crippen molar-refractivity contribution >= 4 is 0 Å². The third kappa shape index (κ3) is 4.77. The van der Waals surface area contributed by atoms with Gasteiger partial charge in [-0.2, -0.15) is 0 Å². The first kappa shape index (κ1) is 18.7. The zero-order chi connectivity index (χ0) is 18.2. The van der Waals surface area contributed by atoms with Crippen molar-refractivity contribution in [1.82, 2.24) is 4.90 Å². The Morgan fingerprint density at radius 3 is 2.27 bits per heavy atom. The number of benzene rings is 2. The van der Waals surface area contributed by atoms with Crippen molar-refractivity contribution in [2.75, 3.05) is 32.9 Å². The van der Waals surface area contributed by atoms with Crippen LogP contribution in [0.5, 0.6) is 11.5 Å². The van der Waals surface area contributed by atoms with Crippen molar-refractivity contribution in [2.24, 2.45) is 0 Å². The molecule has 0 radical (unpaired) electrons. The smallest absolute Gasteiger partial charge is 0.161 e. The third-order valence-corrected chi connectivity index (χ3v) is 4.73. The fourth-order valence-electron chi connectivity index (χ4n) is 3.54. The van der Waals surface area contributed by atoms with Gasteiger partial charge in [-0.1, -0.05) is 42.5 Å². The van der Waals surface area contributed by atoms with Crippen LogP contribution in [-0.2, 0) is 11.3 Å². The predicted octanol–water partition coefficient (Wildman–Crippen LogP) is 4.15. The zero-order valence-corrected chi connectivity index (χ0v) is 15.8. The molecule has 2 aromatic rings. The van der Waals surface area contributed by atoms with Crippen LogP contribution in [0.2, 0.25) is 0 Å².